The highest BCUT2D eigenvalue weighted by Crippen LogP contribution is 2.23. The van der Waals surface area contributed by atoms with Crippen LogP contribution in [0.25, 0.3) is 11.4 Å². The lowest BCUT2D eigenvalue weighted by atomic mass is 10.0. The Balaban J connectivity index is 2.04. The number of nitrogens with zero attached hydrogens (tertiary/aromatic N) is 2. The predicted molar refractivity (Wildman–Crippen MR) is 78.8 cm³/mol. The molecule has 20 heavy (non-hydrogen) atoms. The van der Waals surface area contributed by atoms with E-state index < -0.39 is 0 Å². The van der Waals surface area contributed by atoms with Gasteiger partial charge in [-0.25, -0.2) is 9.97 Å². The molecule has 1 N–H and O–H groups in total. The van der Waals surface area contributed by atoms with Crippen molar-refractivity contribution in [1.29, 1.82) is 0 Å². The summed E-state index contributed by atoms with van der Waals surface area (Å²) in [5.41, 5.74) is 4.69. The number of aromatic nitrogens is 2. The second-order valence-corrected chi connectivity index (χ2v) is 4.93. The molecule has 0 bridgehead atoms. The number of hydrogen-bond donors (Lipinski definition) is 1. The lowest BCUT2D eigenvalue weighted by Crippen LogP contribution is -2.26. The SMILES string of the molecule is CCc1nc(-c2ccc(OC)cc2)nc2c1CNCC2. The summed E-state index contributed by atoms with van der Waals surface area (Å²) in [6, 6.07) is 7.93. The summed E-state index contributed by atoms with van der Waals surface area (Å²) in [6.45, 7) is 4.03. The quantitative estimate of drug-likeness (QED) is 0.929. The molecule has 1 aromatic carbocycles. The molecule has 4 nitrogen and oxygen atoms in total. The van der Waals surface area contributed by atoms with Crippen LogP contribution >= 0.6 is 0 Å². The Morgan fingerprint density at radius 1 is 1.20 bits per heavy atom. The zero-order valence-electron chi connectivity index (χ0n) is 11.9. The summed E-state index contributed by atoms with van der Waals surface area (Å²) >= 11 is 0. The van der Waals surface area contributed by atoms with E-state index in [2.05, 4.69) is 12.2 Å². The number of ether oxygens (including phenoxy) is 1. The van der Waals surface area contributed by atoms with Crippen molar-refractivity contribution in [3.05, 3.63) is 41.2 Å². The van der Waals surface area contributed by atoms with Crippen LogP contribution in [-0.4, -0.2) is 23.6 Å². The van der Waals surface area contributed by atoms with Gasteiger partial charge >= 0.3 is 0 Å². The van der Waals surface area contributed by atoms with E-state index >= 15 is 0 Å². The molecule has 0 saturated carbocycles. The van der Waals surface area contributed by atoms with Crippen molar-refractivity contribution in [3.63, 3.8) is 0 Å². The van der Waals surface area contributed by atoms with Gasteiger partial charge in [-0.05, 0) is 30.7 Å². The van der Waals surface area contributed by atoms with Crippen molar-refractivity contribution in [3.8, 4) is 17.1 Å². The van der Waals surface area contributed by atoms with Crippen molar-refractivity contribution < 1.29 is 4.74 Å². The normalized spacial score (nSPS) is 13.9. The standard InChI is InChI=1S/C16H19N3O/c1-3-14-13-10-17-9-8-15(13)19-16(18-14)11-4-6-12(20-2)7-5-11/h4-7,17H,3,8-10H2,1-2H3. The molecule has 3 rings (SSSR count). The molecule has 4 heteroatoms. The van der Waals surface area contributed by atoms with Crippen LogP contribution in [0.4, 0.5) is 0 Å². The molecule has 104 valence electrons. The fourth-order valence-electron chi connectivity index (χ4n) is 2.57. The summed E-state index contributed by atoms with van der Waals surface area (Å²) in [7, 11) is 1.67. The maximum atomic E-state index is 5.19. The van der Waals surface area contributed by atoms with Gasteiger partial charge < -0.3 is 10.1 Å². The van der Waals surface area contributed by atoms with E-state index in [4.69, 9.17) is 14.7 Å². The number of rotatable bonds is 3. The number of methoxy groups -OCH3 is 1. The third-order valence-corrected chi connectivity index (χ3v) is 3.70. The van der Waals surface area contributed by atoms with Gasteiger partial charge in [-0.3, -0.25) is 0 Å². The highest BCUT2D eigenvalue weighted by molar-refractivity contribution is 5.57. The fraction of sp³-hybridized carbons (Fsp3) is 0.375. The van der Waals surface area contributed by atoms with Gasteiger partial charge in [0.25, 0.3) is 0 Å². The fourth-order valence-corrected chi connectivity index (χ4v) is 2.57. The van der Waals surface area contributed by atoms with Gasteiger partial charge in [0.05, 0.1) is 12.8 Å². The smallest absolute Gasteiger partial charge is 0.159 e. The summed E-state index contributed by atoms with van der Waals surface area (Å²) < 4.78 is 5.19. The molecule has 2 heterocycles. The Kier molecular flexibility index (Phi) is 3.65. The van der Waals surface area contributed by atoms with Gasteiger partial charge in [-0.15, -0.1) is 0 Å². The first kappa shape index (κ1) is 13.1. The Morgan fingerprint density at radius 2 is 2.00 bits per heavy atom. The molecule has 0 saturated heterocycles. The van der Waals surface area contributed by atoms with Crippen molar-refractivity contribution in [2.75, 3.05) is 13.7 Å². The molecule has 0 aliphatic carbocycles. The van der Waals surface area contributed by atoms with Crippen LogP contribution in [-0.2, 0) is 19.4 Å². The van der Waals surface area contributed by atoms with Crippen LogP contribution in [0.5, 0.6) is 5.75 Å². The van der Waals surface area contributed by atoms with Crippen LogP contribution in [0.2, 0.25) is 0 Å². The largest absolute Gasteiger partial charge is 0.497 e. The highest BCUT2D eigenvalue weighted by atomic mass is 16.5. The molecule has 0 fully saturated rings. The maximum absolute atomic E-state index is 5.19. The van der Waals surface area contributed by atoms with E-state index in [1.54, 1.807) is 7.11 Å². The van der Waals surface area contributed by atoms with Gasteiger partial charge in [-0.1, -0.05) is 6.92 Å². The molecule has 0 unspecified atom stereocenters. The molecular formula is C16H19N3O. The molecule has 0 radical (unpaired) electrons. The monoisotopic (exact) mass is 269 g/mol. The van der Waals surface area contributed by atoms with Gasteiger partial charge in [0.1, 0.15) is 5.75 Å². The number of hydrogen-bond acceptors (Lipinski definition) is 4. The van der Waals surface area contributed by atoms with Crippen molar-refractivity contribution in [2.45, 2.75) is 26.3 Å². The third kappa shape index (κ3) is 2.39. The number of benzene rings is 1. The van der Waals surface area contributed by atoms with E-state index in [1.807, 2.05) is 24.3 Å². The number of aryl methyl sites for hydroxylation is 1. The Hall–Kier alpha value is -1.94. The first-order valence-corrected chi connectivity index (χ1v) is 7.05. The summed E-state index contributed by atoms with van der Waals surface area (Å²) in [5, 5.41) is 3.39. The Morgan fingerprint density at radius 3 is 2.70 bits per heavy atom. The molecule has 0 spiro atoms. The second kappa shape index (κ2) is 5.59. The van der Waals surface area contributed by atoms with Crippen LogP contribution in [0.3, 0.4) is 0 Å². The Bertz CT molecular complexity index is 591. The average Bonchev–Trinajstić information content (AvgIpc) is 2.54. The minimum atomic E-state index is 0.824. The zero-order valence-corrected chi connectivity index (χ0v) is 11.9. The van der Waals surface area contributed by atoms with Gasteiger partial charge in [-0.2, -0.15) is 0 Å². The van der Waals surface area contributed by atoms with Crippen LogP contribution in [0, 0.1) is 0 Å². The summed E-state index contributed by atoms with van der Waals surface area (Å²) in [5.74, 6) is 1.68. The van der Waals surface area contributed by atoms with E-state index in [-0.39, 0.29) is 0 Å². The van der Waals surface area contributed by atoms with Gasteiger partial charge in [0.2, 0.25) is 0 Å². The highest BCUT2D eigenvalue weighted by Gasteiger charge is 2.17. The molecule has 0 amide bonds. The van der Waals surface area contributed by atoms with Crippen molar-refractivity contribution in [1.82, 2.24) is 15.3 Å². The third-order valence-electron chi connectivity index (χ3n) is 3.70. The Labute approximate surface area is 119 Å². The minimum Gasteiger partial charge on any atom is -0.497 e. The maximum Gasteiger partial charge on any atom is 0.159 e. The lowest BCUT2D eigenvalue weighted by Gasteiger charge is -2.19. The molecular weight excluding hydrogens is 250 g/mol. The molecule has 0 atom stereocenters. The van der Waals surface area contributed by atoms with E-state index in [0.717, 1.165) is 48.8 Å². The van der Waals surface area contributed by atoms with Crippen molar-refractivity contribution >= 4 is 0 Å². The van der Waals surface area contributed by atoms with Crippen LogP contribution in [0.1, 0.15) is 23.9 Å². The topological polar surface area (TPSA) is 47.0 Å². The van der Waals surface area contributed by atoms with Crippen LogP contribution in [0.15, 0.2) is 24.3 Å². The average molecular weight is 269 g/mol. The van der Waals surface area contributed by atoms with E-state index in [9.17, 15) is 0 Å². The molecule has 1 aliphatic heterocycles. The number of nitrogens with one attached hydrogen (secondary N) is 1. The van der Waals surface area contributed by atoms with E-state index in [0.29, 0.717) is 0 Å². The zero-order chi connectivity index (χ0) is 13.9. The molecule has 2 aromatic rings. The minimum absolute atomic E-state index is 0.824. The first-order valence-electron chi connectivity index (χ1n) is 7.05. The number of fused-ring (bicyclic) bond motifs is 1. The molecule has 1 aliphatic rings. The summed E-state index contributed by atoms with van der Waals surface area (Å²) in [4.78, 5) is 9.49. The van der Waals surface area contributed by atoms with Crippen LogP contribution < -0.4 is 10.1 Å². The van der Waals surface area contributed by atoms with Crippen molar-refractivity contribution in [2.24, 2.45) is 0 Å². The predicted octanol–water partition coefficient (Wildman–Crippen LogP) is 2.36. The molecule has 1 aromatic heterocycles. The first-order chi connectivity index (χ1) is 9.81. The summed E-state index contributed by atoms with van der Waals surface area (Å²) in [6.07, 6.45) is 1.92. The van der Waals surface area contributed by atoms with Gasteiger partial charge in [0.15, 0.2) is 5.82 Å². The van der Waals surface area contributed by atoms with Gasteiger partial charge in [0, 0.05) is 36.3 Å². The van der Waals surface area contributed by atoms with E-state index in [1.165, 1.54) is 11.3 Å². The lowest BCUT2D eigenvalue weighted by molar-refractivity contribution is 0.415. The second-order valence-electron chi connectivity index (χ2n) is 4.93.